The molecule has 60 valence electrons. The van der Waals surface area contributed by atoms with Crippen molar-refractivity contribution in [2.75, 3.05) is 0 Å². The Hall–Kier alpha value is -0.0400. The molecule has 1 fully saturated rings. The number of hydrogen-bond acceptors (Lipinski definition) is 1. The monoisotopic (exact) mass is 141 g/mol. The van der Waals surface area contributed by atoms with E-state index >= 15 is 0 Å². The van der Waals surface area contributed by atoms with E-state index in [2.05, 4.69) is 20.8 Å². The first kappa shape index (κ1) is 8.06. The van der Waals surface area contributed by atoms with Gasteiger partial charge >= 0.3 is 0 Å². The van der Waals surface area contributed by atoms with Crippen molar-refractivity contribution in [3.63, 3.8) is 0 Å². The van der Waals surface area contributed by atoms with Crippen LogP contribution in [-0.4, -0.2) is 5.54 Å². The average molecular weight is 141 g/mol. The van der Waals surface area contributed by atoms with Crippen LogP contribution in [0.4, 0.5) is 0 Å². The van der Waals surface area contributed by atoms with E-state index in [0.717, 1.165) is 0 Å². The number of nitrogens with two attached hydrogens (primary N) is 1. The summed E-state index contributed by atoms with van der Waals surface area (Å²) in [5.41, 5.74) is 6.70. The Balaban J connectivity index is 2.57. The van der Waals surface area contributed by atoms with Crippen LogP contribution in [0.5, 0.6) is 0 Å². The third-order valence-electron chi connectivity index (χ3n) is 2.98. The molecule has 0 spiro atoms. The third kappa shape index (κ3) is 1.51. The van der Waals surface area contributed by atoms with E-state index in [9.17, 15) is 0 Å². The largest absolute Gasteiger partial charge is 0.325 e. The second-order valence-electron chi connectivity index (χ2n) is 4.50. The molecule has 0 aromatic carbocycles. The first-order chi connectivity index (χ1) is 4.47. The summed E-state index contributed by atoms with van der Waals surface area (Å²) in [5, 5.41) is 0. The standard InChI is InChI=1S/C9H19N/c1-4-8(2)5-6-9(3,10)7-8/h4-7,10H2,1-3H3/t8-,9?/m0/s1. The molecule has 1 saturated carbocycles. The Morgan fingerprint density at radius 1 is 1.30 bits per heavy atom. The molecule has 2 atom stereocenters. The lowest BCUT2D eigenvalue weighted by Crippen LogP contribution is -2.33. The Morgan fingerprint density at radius 2 is 1.90 bits per heavy atom. The lowest BCUT2D eigenvalue weighted by Gasteiger charge is -2.24. The van der Waals surface area contributed by atoms with Crippen molar-refractivity contribution in [3.8, 4) is 0 Å². The summed E-state index contributed by atoms with van der Waals surface area (Å²) in [6.45, 7) is 6.79. The molecule has 1 aliphatic carbocycles. The highest BCUT2D eigenvalue weighted by atomic mass is 14.8. The van der Waals surface area contributed by atoms with Crippen molar-refractivity contribution < 1.29 is 0 Å². The quantitative estimate of drug-likeness (QED) is 0.595. The van der Waals surface area contributed by atoms with E-state index in [1.165, 1.54) is 25.7 Å². The van der Waals surface area contributed by atoms with Gasteiger partial charge in [-0.3, -0.25) is 0 Å². The zero-order chi connectivity index (χ0) is 7.83. The van der Waals surface area contributed by atoms with E-state index in [-0.39, 0.29) is 5.54 Å². The second kappa shape index (κ2) is 2.23. The zero-order valence-corrected chi connectivity index (χ0v) is 7.41. The first-order valence-corrected chi connectivity index (χ1v) is 4.26. The van der Waals surface area contributed by atoms with Crippen LogP contribution in [0, 0.1) is 5.41 Å². The SMILES string of the molecule is CC[C@@]1(C)CCC(C)(N)C1. The van der Waals surface area contributed by atoms with Crippen molar-refractivity contribution in [2.24, 2.45) is 11.1 Å². The van der Waals surface area contributed by atoms with Crippen molar-refractivity contribution in [2.45, 2.75) is 52.0 Å². The van der Waals surface area contributed by atoms with Crippen LogP contribution in [-0.2, 0) is 0 Å². The molecule has 0 bridgehead atoms. The van der Waals surface area contributed by atoms with Crippen LogP contribution >= 0.6 is 0 Å². The minimum Gasteiger partial charge on any atom is -0.325 e. The van der Waals surface area contributed by atoms with Gasteiger partial charge in [0.1, 0.15) is 0 Å². The van der Waals surface area contributed by atoms with Gasteiger partial charge in [-0.15, -0.1) is 0 Å². The molecule has 0 radical (unpaired) electrons. The molecule has 1 aliphatic rings. The molecule has 1 unspecified atom stereocenters. The highest BCUT2D eigenvalue weighted by Gasteiger charge is 2.38. The van der Waals surface area contributed by atoms with Gasteiger partial charge in [0, 0.05) is 5.54 Å². The summed E-state index contributed by atoms with van der Waals surface area (Å²) in [6, 6.07) is 0. The number of hydrogen-bond donors (Lipinski definition) is 1. The fourth-order valence-corrected chi connectivity index (χ4v) is 2.04. The fourth-order valence-electron chi connectivity index (χ4n) is 2.04. The van der Waals surface area contributed by atoms with Gasteiger partial charge in [-0.25, -0.2) is 0 Å². The summed E-state index contributed by atoms with van der Waals surface area (Å²) in [7, 11) is 0. The summed E-state index contributed by atoms with van der Waals surface area (Å²) in [5.74, 6) is 0. The van der Waals surface area contributed by atoms with Crippen LogP contribution in [0.3, 0.4) is 0 Å². The molecule has 0 aliphatic heterocycles. The van der Waals surface area contributed by atoms with Crippen LogP contribution in [0.15, 0.2) is 0 Å². The predicted molar refractivity (Wildman–Crippen MR) is 44.8 cm³/mol. The van der Waals surface area contributed by atoms with Crippen LogP contribution in [0.25, 0.3) is 0 Å². The minimum atomic E-state index is 0.130. The number of rotatable bonds is 1. The first-order valence-electron chi connectivity index (χ1n) is 4.26. The summed E-state index contributed by atoms with van der Waals surface area (Å²) in [6.07, 6.45) is 5.00. The second-order valence-corrected chi connectivity index (χ2v) is 4.50. The topological polar surface area (TPSA) is 26.0 Å². The maximum absolute atomic E-state index is 6.03. The van der Waals surface area contributed by atoms with Gasteiger partial charge in [0.15, 0.2) is 0 Å². The minimum absolute atomic E-state index is 0.130. The third-order valence-corrected chi connectivity index (χ3v) is 2.98. The van der Waals surface area contributed by atoms with Gasteiger partial charge < -0.3 is 5.73 Å². The Morgan fingerprint density at radius 3 is 2.10 bits per heavy atom. The molecule has 0 amide bonds. The maximum atomic E-state index is 6.03. The highest BCUT2D eigenvalue weighted by Crippen LogP contribution is 2.44. The summed E-state index contributed by atoms with van der Waals surface area (Å²) < 4.78 is 0. The van der Waals surface area contributed by atoms with Crippen LogP contribution < -0.4 is 5.73 Å². The molecule has 0 aromatic heterocycles. The molecule has 1 heteroatoms. The molecular weight excluding hydrogens is 122 g/mol. The van der Waals surface area contributed by atoms with Gasteiger partial charge in [0.25, 0.3) is 0 Å². The van der Waals surface area contributed by atoms with E-state index in [4.69, 9.17) is 5.73 Å². The highest BCUT2D eigenvalue weighted by molar-refractivity contribution is 4.95. The van der Waals surface area contributed by atoms with Crippen molar-refractivity contribution in [3.05, 3.63) is 0 Å². The van der Waals surface area contributed by atoms with Crippen molar-refractivity contribution >= 4 is 0 Å². The maximum Gasteiger partial charge on any atom is 0.0131 e. The smallest absolute Gasteiger partial charge is 0.0131 e. The Labute approximate surface area is 64.0 Å². The summed E-state index contributed by atoms with van der Waals surface area (Å²) in [4.78, 5) is 0. The molecular formula is C9H19N. The van der Waals surface area contributed by atoms with E-state index in [1.807, 2.05) is 0 Å². The predicted octanol–water partition coefficient (Wildman–Crippen LogP) is 2.30. The van der Waals surface area contributed by atoms with Gasteiger partial charge in [-0.1, -0.05) is 20.3 Å². The van der Waals surface area contributed by atoms with Gasteiger partial charge in [0.2, 0.25) is 0 Å². The lowest BCUT2D eigenvalue weighted by molar-refractivity contribution is 0.300. The molecule has 0 heterocycles. The van der Waals surface area contributed by atoms with Crippen LogP contribution in [0.2, 0.25) is 0 Å². The van der Waals surface area contributed by atoms with E-state index in [1.54, 1.807) is 0 Å². The van der Waals surface area contributed by atoms with E-state index in [0.29, 0.717) is 5.41 Å². The average Bonchev–Trinajstić information content (AvgIpc) is 2.08. The van der Waals surface area contributed by atoms with Gasteiger partial charge in [-0.2, -0.15) is 0 Å². The Kier molecular flexibility index (Phi) is 1.80. The normalized spacial score (nSPS) is 48.0. The molecule has 1 nitrogen and oxygen atoms in total. The fraction of sp³-hybridized carbons (Fsp3) is 1.00. The summed E-state index contributed by atoms with van der Waals surface area (Å²) >= 11 is 0. The molecule has 0 aromatic rings. The molecule has 0 saturated heterocycles. The van der Waals surface area contributed by atoms with Crippen LogP contribution in [0.1, 0.15) is 46.5 Å². The molecule has 1 rings (SSSR count). The van der Waals surface area contributed by atoms with Gasteiger partial charge in [-0.05, 0) is 31.6 Å². The van der Waals surface area contributed by atoms with Crippen molar-refractivity contribution in [1.29, 1.82) is 0 Å². The molecule has 10 heavy (non-hydrogen) atoms. The Bertz CT molecular complexity index is 129. The lowest BCUT2D eigenvalue weighted by atomic mass is 9.84. The van der Waals surface area contributed by atoms with Gasteiger partial charge in [0.05, 0.1) is 0 Å². The van der Waals surface area contributed by atoms with E-state index < -0.39 is 0 Å². The molecule has 2 N–H and O–H groups in total. The zero-order valence-electron chi connectivity index (χ0n) is 7.41. The van der Waals surface area contributed by atoms with Crippen molar-refractivity contribution in [1.82, 2.24) is 0 Å².